The van der Waals surface area contributed by atoms with Crippen molar-refractivity contribution in [3.05, 3.63) is 74.7 Å². The van der Waals surface area contributed by atoms with E-state index in [9.17, 15) is 28.0 Å². The average Bonchev–Trinajstić information content (AvgIpc) is 3.68. The van der Waals surface area contributed by atoms with Crippen molar-refractivity contribution in [1.82, 2.24) is 24.6 Å². The average molecular weight is 760 g/mol. The maximum absolute atomic E-state index is 14.3. The van der Waals surface area contributed by atoms with Crippen LogP contribution in [0.25, 0.3) is 11.1 Å². The first kappa shape index (κ1) is 38.1. The number of amides is 3. The molecule has 5 heterocycles. The van der Waals surface area contributed by atoms with Crippen LogP contribution in [0.1, 0.15) is 65.8 Å². The summed E-state index contributed by atoms with van der Waals surface area (Å²) in [5, 5.41) is 5.28. The number of piperidine rings is 2. The molecule has 1 aromatic heterocycles. The van der Waals surface area contributed by atoms with Crippen LogP contribution in [0.2, 0.25) is 0 Å². The molecule has 13 nitrogen and oxygen atoms in total. The molecule has 4 aliphatic rings. The van der Waals surface area contributed by atoms with Gasteiger partial charge in [-0.25, -0.2) is 8.78 Å². The number of nitrogens with zero attached hydrogens (tertiary/aromatic N) is 5. The summed E-state index contributed by atoms with van der Waals surface area (Å²) in [5.74, 6) is 0.554. The number of alkyl halides is 2. The Morgan fingerprint density at radius 2 is 1.67 bits per heavy atom. The highest BCUT2D eigenvalue weighted by Crippen LogP contribution is 2.39. The van der Waals surface area contributed by atoms with Gasteiger partial charge in [0, 0.05) is 86.5 Å². The molecule has 4 aliphatic heterocycles. The number of likely N-dealkylation sites (tertiary alicyclic amines) is 1. The SMILES string of the molecule is COc1cc(-c2cn(C)c(=O)c3c2C=NC3)cc(OC)c1CN1CCN(C(=O)CN2CCC(c3ccc(NC4CCC(=O)NC4=O)cc3C(F)F)CC2)CC1. The molecule has 0 saturated carbocycles. The van der Waals surface area contributed by atoms with Crippen molar-refractivity contribution in [2.75, 3.05) is 65.3 Å². The number of nitrogens with one attached hydrogen (secondary N) is 2. The van der Waals surface area contributed by atoms with Crippen LogP contribution in [-0.4, -0.2) is 109 Å². The molecule has 0 aliphatic carbocycles. The number of carbonyl (C=O) groups excluding carboxylic acids is 3. The van der Waals surface area contributed by atoms with Crippen LogP contribution >= 0.6 is 0 Å². The maximum Gasteiger partial charge on any atom is 0.264 e. The van der Waals surface area contributed by atoms with E-state index in [0.717, 1.165) is 22.3 Å². The Kier molecular flexibility index (Phi) is 11.3. The van der Waals surface area contributed by atoms with Crippen molar-refractivity contribution in [2.24, 2.45) is 12.0 Å². The van der Waals surface area contributed by atoms with Crippen molar-refractivity contribution in [3.8, 4) is 22.6 Å². The second-order valence-electron chi connectivity index (χ2n) is 14.7. The summed E-state index contributed by atoms with van der Waals surface area (Å²) in [7, 11) is 5.00. The predicted molar refractivity (Wildman–Crippen MR) is 203 cm³/mol. The number of hydrogen-bond donors (Lipinski definition) is 2. The summed E-state index contributed by atoms with van der Waals surface area (Å²) in [6.07, 6.45) is 2.70. The summed E-state index contributed by atoms with van der Waals surface area (Å²) in [6, 6.07) is 8.14. The fraction of sp³-hybridized carbons (Fsp3) is 0.475. The molecule has 0 radical (unpaired) electrons. The third-order valence-corrected chi connectivity index (χ3v) is 11.3. The van der Waals surface area contributed by atoms with E-state index in [1.54, 1.807) is 44.2 Å². The number of aromatic nitrogens is 1. The Bertz CT molecular complexity index is 2030. The zero-order chi connectivity index (χ0) is 38.8. The van der Waals surface area contributed by atoms with E-state index >= 15 is 0 Å². The van der Waals surface area contributed by atoms with Gasteiger partial charge >= 0.3 is 0 Å². The molecule has 292 valence electrons. The quantitative estimate of drug-likeness (QED) is 0.281. The number of carbonyl (C=O) groups is 3. The number of benzene rings is 2. The van der Waals surface area contributed by atoms with Gasteiger partial charge in [0.2, 0.25) is 17.7 Å². The van der Waals surface area contributed by atoms with E-state index in [1.807, 2.05) is 23.2 Å². The lowest BCUT2D eigenvalue weighted by Crippen LogP contribution is -2.51. The summed E-state index contributed by atoms with van der Waals surface area (Å²) in [6.45, 7) is 4.99. The maximum atomic E-state index is 14.3. The fourth-order valence-corrected chi connectivity index (χ4v) is 8.20. The van der Waals surface area contributed by atoms with Gasteiger partial charge in [0.25, 0.3) is 12.0 Å². The van der Waals surface area contributed by atoms with E-state index in [4.69, 9.17) is 9.47 Å². The minimum atomic E-state index is -2.68. The molecule has 2 aromatic carbocycles. The van der Waals surface area contributed by atoms with E-state index in [1.165, 1.54) is 6.07 Å². The van der Waals surface area contributed by atoms with Crippen molar-refractivity contribution >= 4 is 29.6 Å². The normalized spacial score (nSPS) is 19.5. The Hall–Kier alpha value is -5.15. The monoisotopic (exact) mass is 759 g/mol. The number of halogens is 2. The highest BCUT2D eigenvalue weighted by molar-refractivity contribution is 6.01. The molecule has 3 saturated heterocycles. The van der Waals surface area contributed by atoms with Gasteiger partial charge in [0.15, 0.2) is 0 Å². The number of aryl methyl sites for hydroxylation is 1. The molecule has 55 heavy (non-hydrogen) atoms. The van der Waals surface area contributed by atoms with Gasteiger partial charge in [0.05, 0.1) is 32.9 Å². The molecule has 3 amide bonds. The number of ether oxygens (including phenoxy) is 2. The molecule has 7 rings (SSSR count). The van der Waals surface area contributed by atoms with Crippen molar-refractivity contribution in [3.63, 3.8) is 0 Å². The second-order valence-corrected chi connectivity index (χ2v) is 14.7. The Morgan fingerprint density at radius 3 is 2.33 bits per heavy atom. The van der Waals surface area contributed by atoms with Gasteiger partial charge in [0.1, 0.15) is 17.5 Å². The van der Waals surface area contributed by atoms with Crippen LogP contribution in [0.3, 0.4) is 0 Å². The number of methoxy groups -OCH3 is 2. The van der Waals surface area contributed by atoms with Crippen molar-refractivity contribution < 1.29 is 32.6 Å². The smallest absolute Gasteiger partial charge is 0.264 e. The topological polar surface area (TPSA) is 138 Å². The number of piperazine rings is 1. The molecule has 15 heteroatoms. The summed E-state index contributed by atoms with van der Waals surface area (Å²) >= 11 is 0. The molecule has 1 unspecified atom stereocenters. The van der Waals surface area contributed by atoms with E-state index in [2.05, 4.69) is 25.4 Å². The molecule has 2 N–H and O–H groups in total. The predicted octanol–water partition coefficient (Wildman–Crippen LogP) is 3.68. The Balaban J connectivity index is 0.923. The number of anilines is 1. The molecule has 0 bridgehead atoms. The lowest BCUT2D eigenvalue weighted by Gasteiger charge is -2.37. The van der Waals surface area contributed by atoms with Crippen LogP contribution in [0.15, 0.2) is 46.3 Å². The van der Waals surface area contributed by atoms with Crippen LogP contribution in [0.4, 0.5) is 14.5 Å². The van der Waals surface area contributed by atoms with Crippen LogP contribution in [0.5, 0.6) is 11.5 Å². The number of rotatable bonds is 11. The third-order valence-electron chi connectivity index (χ3n) is 11.3. The molecule has 1 atom stereocenters. The summed E-state index contributed by atoms with van der Waals surface area (Å²) in [5.41, 5.74) is 5.05. The molecular weight excluding hydrogens is 712 g/mol. The standard InChI is InChI=1S/C40H47F2N7O6/c1-46-21-31(29-19-43-20-30(29)40(46)53)25-16-34(54-2)32(35(17-25)55-3)22-48-12-14-49(15-13-48)37(51)23-47-10-8-24(9-11-47)27-5-4-26(18-28(27)38(41)42)44-33-6-7-36(50)45-39(33)52/h4-5,16-19,21,24,33,38,44H,6-15,20,22-23H2,1-3H3,(H,45,50,52). The fourth-order valence-electron chi connectivity index (χ4n) is 8.20. The zero-order valence-electron chi connectivity index (χ0n) is 31.4. The summed E-state index contributed by atoms with van der Waals surface area (Å²) < 4.78 is 41.8. The number of fused-ring (bicyclic) bond motifs is 1. The van der Waals surface area contributed by atoms with Crippen LogP contribution in [0, 0.1) is 0 Å². The molecular formula is C40H47F2N7O6. The minimum Gasteiger partial charge on any atom is -0.496 e. The summed E-state index contributed by atoms with van der Waals surface area (Å²) in [4.78, 5) is 60.3. The third kappa shape index (κ3) is 8.13. The van der Waals surface area contributed by atoms with Gasteiger partial charge in [-0.3, -0.25) is 39.3 Å². The number of pyridine rings is 1. The van der Waals surface area contributed by atoms with Crippen molar-refractivity contribution in [2.45, 2.75) is 57.2 Å². The molecule has 3 fully saturated rings. The van der Waals surface area contributed by atoms with Crippen LogP contribution < -0.4 is 25.7 Å². The molecule has 3 aromatic rings. The zero-order valence-corrected chi connectivity index (χ0v) is 31.4. The van der Waals surface area contributed by atoms with Crippen molar-refractivity contribution in [1.29, 1.82) is 0 Å². The first-order valence-corrected chi connectivity index (χ1v) is 18.7. The van der Waals surface area contributed by atoms with E-state index in [0.29, 0.717) is 99.9 Å². The van der Waals surface area contributed by atoms with Gasteiger partial charge in [-0.1, -0.05) is 6.07 Å². The Morgan fingerprint density at radius 1 is 0.964 bits per heavy atom. The largest absolute Gasteiger partial charge is 0.496 e. The van der Waals surface area contributed by atoms with E-state index in [-0.39, 0.29) is 41.8 Å². The van der Waals surface area contributed by atoms with Gasteiger partial charge in [-0.15, -0.1) is 0 Å². The second kappa shape index (κ2) is 16.3. The first-order valence-electron chi connectivity index (χ1n) is 18.7. The first-order chi connectivity index (χ1) is 26.5. The van der Waals surface area contributed by atoms with Crippen LogP contribution in [-0.2, 0) is 34.5 Å². The highest BCUT2D eigenvalue weighted by Gasteiger charge is 2.31. The van der Waals surface area contributed by atoms with Gasteiger partial charge < -0.3 is 24.3 Å². The lowest BCUT2D eigenvalue weighted by atomic mass is 9.86. The highest BCUT2D eigenvalue weighted by atomic mass is 19.3. The van der Waals surface area contributed by atoms with Gasteiger partial charge in [-0.2, -0.15) is 0 Å². The van der Waals surface area contributed by atoms with E-state index < -0.39 is 18.4 Å². The lowest BCUT2D eigenvalue weighted by molar-refractivity contribution is -0.135. The number of imide groups is 1. The number of aliphatic imine (C=N–C) groups is 1. The Labute approximate surface area is 318 Å². The minimum absolute atomic E-state index is 0.0537. The van der Waals surface area contributed by atoms with Gasteiger partial charge in [-0.05, 0) is 73.7 Å². The molecule has 0 spiro atoms. The number of hydrogen-bond acceptors (Lipinski definition) is 10.